The predicted molar refractivity (Wildman–Crippen MR) is 70.4 cm³/mol. The molecule has 8 heteroatoms. The summed E-state index contributed by atoms with van der Waals surface area (Å²) in [5.74, 6) is 0.0111. The van der Waals surface area contributed by atoms with Crippen LogP contribution in [-0.4, -0.2) is 23.6 Å². The second-order valence-electron chi connectivity index (χ2n) is 2.72. The average molecular weight is 257 g/mol. The molecule has 0 fully saturated rings. The Labute approximate surface area is 104 Å². The molecule has 6 N–H and O–H groups in total. The maximum atomic E-state index is 9.38. The third-order valence-corrected chi connectivity index (χ3v) is 1.50. The number of halogens is 1. The van der Waals surface area contributed by atoms with Crippen LogP contribution >= 0.6 is 12.4 Å². The van der Waals surface area contributed by atoms with Gasteiger partial charge in [0.05, 0.1) is 6.21 Å². The highest BCUT2D eigenvalue weighted by Crippen LogP contribution is 2.12. The number of nitrogens with two attached hydrogens (primary N) is 2. The zero-order valence-corrected chi connectivity index (χ0v) is 9.63. The number of guanidine groups is 1. The van der Waals surface area contributed by atoms with E-state index >= 15 is 0 Å². The normalized spacial score (nSPS) is 10.1. The Hall–Kier alpha value is -2.28. The summed E-state index contributed by atoms with van der Waals surface area (Å²) in [5, 5.41) is 19.9. The number of phenolic OH excluding ortho intramolecular Hbond substituents is 1. The molecule has 0 bridgehead atoms. The number of nitrogens with zero attached hydrogens (tertiary/aromatic N) is 3. The lowest BCUT2D eigenvalue weighted by Crippen LogP contribution is -2.22. The van der Waals surface area contributed by atoms with Crippen molar-refractivity contribution >= 4 is 30.9 Å². The molecule has 0 aromatic heterocycles. The standard InChI is InChI=1S/C9H12N6O.ClH/c10-9(11)15-14-6-13-12-5-7-3-1-2-4-8(7)16;/h1-6,16H,(H,13,14)(H4,10,11,15);1H/b12-5+;. The maximum Gasteiger partial charge on any atom is 0.211 e. The van der Waals surface area contributed by atoms with Gasteiger partial charge in [0.2, 0.25) is 5.96 Å². The molecule has 0 atom stereocenters. The molecule has 0 heterocycles. The van der Waals surface area contributed by atoms with Gasteiger partial charge in [-0.05, 0) is 12.1 Å². The van der Waals surface area contributed by atoms with E-state index in [1.54, 1.807) is 24.3 Å². The van der Waals surface area contributed by atoms with E-state index in [9.17, 15) is 5.11 Å². The SMILES string of the molecule is Cl.NC(N)=N/N=C/N/N=C/c1ccccc1O. The number of nitrogens with one attached hydrogen (secondary N) is 1. The van der Waals surface area contributed by atoms with Crippen molar-refractivity contribution in [2.24, 2.45) is 26.8 Å². The number of benzene rings is 1. The average Bonchev–Trinajstić information content (AvgIpc) is 2.25. The van der Waals surface area contributed by atoms with E-state index in [1.807, 2.05) is 0 Å². The van der Waals surface area contributed by atoms with Gasteiger partial charge in [-0.15, -0.1) is 22.6 Å². The van der Waals surface area contributed by atoms with Crippen LogP contribution in [0.2, 0.25) is 0 Å². The fourth-order valence-corrected chi connectivity index (χ4v) is 0.858. The molecule has 1 aromatic rings. The number of phenols is 1. The summed E-state index contributed by atoms with van der Waals surface area (Å²) < 4.78 is 0. The Bertz CT molecular complexity index is 427. The summed E-state index contributed by atoms with van der Waals surface area (Å²) in [6.07, 6.45) is 2.65. The van der Waals surface area contributed by atoms with Gasteiger partial charge in [-0.2, -0.15) is 5.10 Å². The predicted octanol–water partition coefficient (Wildman–Crippen LogP) is -0.0458. The monoisotopic (exact) mass is 256 g/mol. The van der Waals surface area contributed by atoms with E-state index in [2.05, 4.69) is 20.7 Å². The van der Waals surface area contributed by atoms with E-state index < -0.39 is 0 Å². The van der Waals surface area contributed by atoms with E-state index in [0.717, 1.165) is 0 Å². The van der Waals surface area contributed by atoms with Crippen LogP contribution in [0.4, 0.5) is 0 Å². The van der Waals surface area contributed by atoms with Crippen molar-refractivity contribution < 1.29 is 5.11 Å². The molecule has 0 saturated heterocycles. The second-order valence-corrected chi connectivity index (χ2v) is 2.72. The number of rotatable bonds is 4. The van der Waals surface area contributed by atoms with Gasteiger partial charge in [-0.1, -0.05) is 12.1 Å². The molecule has 17 heavy (non-hydrogen) atoms. The molecule has 0 amide bonds. The van der Waals surface area contributed by atoms with Crippen LogP contribution in [0, 0.1) is 0 Å². The molecule has 0 saturated carbocycles. The van der Waals surface area contributed by atoms with Crippen LogP contribution in [-0.2, 0) is 0 Å². The maximum absolute atomic E-state index is 9.38. The molecule has 0 spiro atoms. The Morgan fingerprint density at radius 2 is 2.00 bits per heavy atom. The van der Waals surface area contributed by atoms with E-state index in [4.69, 9.17) is 11.5 Å². The lowest BCUT2D eigenvalue weighted by molar-refractivity contribution is 0.474. The Kier molecular flexibility index (Phi) is 6.88. The lowest BCUT2D eigenvalue weighted by Gasteiger charge is -1.95. The summed E-state index contributed by atoms with van der Waals surface area (Å²) in [4.78, 5) is 0. The molecule has 1 rings (SSSR count). The first kappa shape index (κ1) is 14.7. The molecule has 1 aromatic carbocycles. The molecular weight excluding hydrogens is 244 g/mol. The van der Waals surface area contributed by atoms with Gasteiger partial charge in [0.15, 0.2) is 0 Å². The number of para-hydroxylation sites is 1. The fourth-order valence-electron chi connectivity index (χ4n) is 0.858. The summed E-state index contributed by atoms with van der Waals surface area (Å²) in [5.41, 5.74) is 13.1. The number of aromatic hydroxyl groups is 1. The second kappa shape index (κ2) is 7.94. The number of hydrogen-bond acceptors (Lipinski definition) is 4. The molecule has 92 valence electrons. The third-order valence-electron chi connectivity index (χ3n) is 1.50. The van der Waals surface area contributed by atoms with Crippen LogP contribution in [0.3, 0.4) is 0 Å². The van der Waals surface area contributed by atoms with Gasteiger partial charge in [-0.25, -0.2) is 0 Å². The minimum atomic E-state index is -0.136. The van der Waals surface area contributed by atoms with Crippen LogP contribution in [0.25, 0.3) is 0 Å². The Morgan fingerprint density at radius 1 is 1.29 bits per heavy atom. The molecular formula is C9H13ClN6O. The summed E-state index contributed by atoms with van der Waals surface area (Å²) in [6, 6.07) is 6.79. The van der Waals surface area contributed by atoms with Crippen LogP contribution < -0.4 is 16.9 Å². The smallest absolute Gasteiger partial charge is 0.211 e. The molecule has 0 aliphatic carbocycles. The Balaban J connectivity index is 0.00000256. The van der Waals surface area contributed by atoms with Gasteiger partial charge in [0.1, 0.15) is 12.1 Å². The molecule has 0 aliphatic rings. The van der Waals surface area contributed by atoms with Crippen LogP contribution in [0.15, 0.2) is 39.6 Å². The highest BCUT2D eigenvalue weighted by molar-refractivity contribution is 5.85. The fraction of sp³-hybridized carbons (Fsp3) is 0. The largest absolute Gasteiger partial charge is 0.507 e. The van der Waals surface area contributed by atoms with E-state index in [-0.39, 0.29) is 24.1 Å². The van der Waals surface area contributed by atoms with Gasteiger partial charge in [0, 0.05) is 5.56 Å². The lowest BCUT2D eigenvalue weighted by atomic mass is 10.2. The first-order chi connectivity index (χ1) is 7.70. The van der Waals surface area contributed by atoms with Crippen molar-refractivity contribution in [3.05, 3.63) is 29.8 Å². The quantitative estimate of drug-likeness (QED) is 0.343. The summed E-state index contributed by atoms with van der Waals surface area (Å²) in [7, 11) is 0. The van der Waals surface area contributed by atoms with Crippen molar-refractivity contribution in [3.8, 4) is 5.75 Å². The third kappa shape index (κ3) is 6.00. The van der Waals surface area contributed by atoms with Crippen molar-refractivity contribution in [2.75, 3.05) is 0 Å². The zero-order chi connectivity index (χ0) is 11.8. The highest BCUT2D eigenvalue weighted by atomic mass is 35.5. The topological polar surface area (TPSA) is 121 Å². The zero-order valence-electron chi connectivity index (χ0n) is 8.82. The minimum absolute atomic E-state index is 0. The van der Waals surface area contributed by atoms with Crippen molar-refractivity contribution in [1.29, 1.82) is 0 Å². The summed E-state index contributed by atoms with van der Waals surface area (Å²) >= 11 is 0. The highest BCUT2D eigenvalue weighted by Gasteiger charge is 1.93. The van der Waals surface area contributed by atoms with Crippen molar-refractivity contribution in [3.63, 3.8) is 0 Å². The van der Waals surface area contributed by atoms with E-state index in [1.165, 1.54) is 12.6 Å². The molecule has 0 aliphatic heterocycles. The van der Waals surface area contributed by atoms with Gasteiger partial charge in [0.25, 0.3) is 0 Å². The Morgan fingerprint density at radius 3 is 2.65 bits per heavy atom. The molecule has 7 nitrogen and oxygen atoms in total. The molecule has 0 radical (unpaired) electrons. The van der Waals surface area contributed by atoms with Crippen LogP contribution in [0.1, 0.15) is 5.56 Å². The van der Waals surface area contributed by atoms with Gasteiger partial charge >= 0.3 is 0 Å². The van der Waals surface area contributed by atoms with E-state index in [0.29, 0.717) is 5.56 Å². The summed E-state index contributed by atoms with van der Waals surface area (Å²) in [6.45, 7) is 0. The van der Waals surface area contributed by atoms with Gasteiger partial charge < -0.3 is 16.6 Å². The number of hydrazone groups is 1. The first-order valence-electron chi connectivity index (χ1n) is 4.37. The molecule has 0 unspecified atom stereocenters. The van der Waals surface area contributed by atoms with Crippen LogP contribution in [0.5, 0.6) is 5.75 Å². The number of hydrogen-bond donors (Lipinski definition) is 4. The first-order valence-corrected chi connectivity index (χ1v) is 4.37. The van der Waals surface area contributed by atoms with Crippen molar-refractivity contribution in [1.82, 2.24) is 5.43 Å². The minimum Gasteiger partial charge on any atom is -0.507 e. The van der Waals surface area contributed by atoms with Crippen molar-refractivity contribution in [2.45, 2.75) is 0 Å². The van der Waals surface area contributed by atoms with Gasteiger partial charge in [-0.3, -0.25) is 5.43 Å².